The zero-order valence-electron chi connectivity index (χ0n) is 14.6. The lowest BCUT2D eigenvalue weighted by atomic mass is 9.72. The summed E-state index contributed by atoms with van der Waals surface area (Å²) in [7, 11) is 0. The molecule has 0 saturated carbocycles. The number of nitrogens with zero attached hydrogens (tertiary/aromatic N) is 1. The molecule has 26 heavy (non-hydrogen) atoms. The van der Waals surface area contributed by atoms with Gasteiger partial charge in [0.25, 0.3) is 0 Å². The van der Waals surface area contributed by atoms with E-state index in [2.05, 4.69) is 0 Å². The molecule has 6 nitrogen and oxygen atoms in total. The minimum atomic E-state index is -0.814. The monoisotopic (exact) mass is 353 g/mol. The number of rotatable bonds is 3. The van der Waals surface area contributed by atoms with E-state index in [1.807, 2.05) is 30.3 Å². The maximum absolute atomic E-state index is 13.2. The Hall–Kier alpha value is -2.89. The maximum atomic E-state index is 13.2. The lowest BCUT2D eigenvalue weighted by Gasteiger charge is -2.28. The number of carbonyl (C=O) groups excluding carboxylic acids is 3. The highest BCUT2D eigenvalue weighted by molar-refractivity contribution is 6.11. The Morgan fingerprint density at radius 3 is 2.69 bits per heavy atom. The van der Waals surface area contributed by atoms with Crippen LogP contribution in [0.3, 0.4) is 0 Å². The summed E-state index contributed by atoms with van der Waals surface area (Å²) in [6.07, 6.45) is 0. The molecule has 1 aliphatic carbocycles. The van der Waals surface area contributed by atoms with Crippen molar-refractivity contribution in [3.05, 3.63) is 53.5 Å². The molecule has 0 spiro atoms. The fraction of sp³-hybridized carbons (Fsp3) is 0.350. The van der Waals surface area contributed by atoms with Crippen molar-refractivity contribution >= 4 is 23.3 Å². The Kier molecular flexibility index (Phi) is 3.90. The summed E-state index contributed by atoms with van der Waals surface area (Å²) in [6, 6.07) is 10.8. The second-order valence-corrected chi connectivity index (χ2v) is 6.65. The van der Waals surface area contributed by atoms with Gasteiger partial charge >= 0.3 is 5.97 Å². The number of anilines is 1. The molecule has 2 heterocycles. The number of Topliss-reactive ketones (excluding diaryl/α,β-unsaturated/α-hetero) is 1. The summed E-state index contributed by atoms with van der Waals surface area (Å²) >= 11 is 0. The van der Waals surface area contributed by atoms with Crippen LogP contribution < -0.4 is 4.90 Å². The number of ketones is 1. The van der Waals surface area contributed by atoms with Gasteiger partial charge in [-0.3, -0.25) is 14.4 Å². The quantitative estimate of drug-likeness (QED) is 0.793. The number of para-hydroxylation sites is 1. The molecular weight excluding hydrogens is 334 g/mol. The zero-order chi connectivity index (χ0) is 18.4. The summed E-state index contributed by atoms with van der Waals surface area (Å²) in [5, 5.41) is 0. The number of aryl methyl sites for hydroxylation is 1. The van der Waals surface area contributed by atoms with Crippen molar-refractivity contribution < 1.29 is 23.5 Å². The number of ether oxygens (including phenoxy) is 1. The van der Waals surface area contributed by atoms with Gasteiger partial charge in [0.05, 0.1) is 24.4 Å². The summed E-state index contributed by atoms with van der Waals surface area (Å²) in [5.74, 6) is -2.38. The van der Waals surface area contributed by atoms with Gasteiger partial charge in [-0.25, -0.2) is 0 Å². The van der Waals surface area contributed by atoms with Crippen molar-refractivity contribution in [1.82, 2.24) is 0 Å². The van der Waals surface area contributed by atoms with Gasteiger partial charge in [-0.05, 0) is 32.0 Å². The minimum absolute atomic E-state index is 0.185. The highest BCUT2D eigenvalue weighted by atomic mass is 16.5. The van der Waals surface area contributed by atoms with E-state index in [-0.39, 0.29) is 30.6 Å². The molecule has 0 bridgehead atoms. The first-order valence-corrected chi connectivity index (χ1v) is 8.70. The number of benzene rings is 1. The van der Waals surface area contributed by atoms with Gasteiger partial charge in [0, 0.05) is 17.8 Å². The second-order valence-electron chi connectivity index (χ2n) is 6.65. The van der Waals surface area contributed by atoms with Crippen LogP contribution in [0.5, 0.6) is 0 Å². The van der Waals surface area contributed by atoms with Crippen LogP contribution in [-0.2, 0) is 14.3 Å². The molecule has 2 aliphatic rings. The molecular formula is C20H19NO5. The molecule has 3 atom stereocenters. The summed E-state index contributed by atoms with van der Waals surface area (Å²) in [5.41, 5.74) is 1.19. The molecule has 1 amide bonds. The molecule has 1 aromatic heterocycles. The predicted molar refractivity (Wildman–Crippen MR) is 92.9 cm³/mol. The number of esters is 1. The third kappa shape index (κ3) is 2.36. The Bertz CT molecular complexity index is 885. The molecule has 1 aromatic carbocycles. The topological polar surface area (TPSA) is 76.8 Å². The standard InChI is InChI=1S/C20H19NO5/c1-3-25-20(24)16-13-9-11(2)26-18(13)17(22)14-10-21(19(23)15(14)16)12-7-5-4-6-8-12/h4-9,14-16H,3,10H2,1-2H3/t14-,15+,16+/m0/s1. The molecule has 1 aliphatic heterocycles. The van der Waals surface area contributed by atoms with E-state index < -0.39 is 23.7 Å². The van der Waals surface area contributed by atoms with E-state index >= 15 is 0 Å². The maximum Gasteiger partial charge on any atom is 0.314 e. The van der Waals surface area contributed by atoms with Gasteiger partial charge < -0.3 is 14.1 Å². The average molecular weight is 353 g/mol. The van der Waals surface area contributed by atoms with Crippen molar-refractivity contribution in [3.63, 3.8) is 0 Å². The zero-order valence-corrected chi connectivity index (χ0v) is 14.6. The third-order valence-electron chi connectivity index (χ3n) is 5.11. The minimum Gasteiger partial charge on any atom is -0.465 e. The van der Waals surface area contributed by atoms with Crippen LogP contribution in [0.4, 0.5) is 5.69 Å². The van der Waals surface area contributed by atoms with Crippen LogP contribution in [0.15, 0.2) is 40.8 Å². The molecule has 6 heteroatoms. The van der Waals surface area contributed by atoms with Gasteiger partial charge in [0.1, 0.15) is 5.76 Å². The third-order valence-corrected chi connectivity index (χ3v) is 5.11. The van der Waals surface area contributed by atoms with E-state index in [9.17, 15) is 14.4 Å². The molecule has 2 aromatic rings. The lowest BCUT2D eigenvalue weighted by molar-refractivity contribution is -0.148. The highest BCUT2D eigenvalue weighted by Gasteiger charge is 2.57. The predicted octanol–water partition coefficient (Wildman–Crippen LogP) is 2.71. The van der Waals surface area contributed by atoms with E-state index in [1.165, 1.54) is 0 Å². The normalized spacial score (nSPS) is 24.4. The number of furan rings is 1. The molecule has 0 unspecified atom stereocenters. The Labute approximate surface area is 150 Å². The van der Waals surface area contributed by atoms with Crippen molar-refractivity contribution in [2.24, 2.45) is 11.8 Å². The molecule has 0 N–H and O–H groups in total. The van der Waals surface area contributed by atoms with Gasteiger partial charge in [-0.15, -0.1) is 0 Å². The molecule has 4 rings (SSSR count). The van der Waals surface area contributed by atoms with Crippen LogP contribution in [0.1, 0.15) is 34.7 Å². The summed E-state index contributed by atoms with van der Waals surface area (Å²) < 4.78 is 10.8. The van der Waals surface area contributed by atoms with E-state index in [0.29, 0.717) is 11.3 Å². The first kappa shape index (κ1) is 16.6. The van der Waals surface area contributed by atoms with E-state index in [1.54, 1.807) is 24.8 Å². The Morgan fingerprint density at radius 1 is 1.27 bits per heavy atom. The van der Waals surface area contributed by atoms with Gasteiger partial charge in [-0.2, -0.15) is 0 Å². The summed E-state index contributed by atoms with van der Waals surface area (Å²) in [4.78, 5) is 40.3. The largest absolute Gasteiger partial charge is 0.465 e. The van der Waals surface area contributed by atoms with E-state index in [0.717, 1.165) is 5.69 Å². The fourth-order valence-electron chi connectivity index (χ4n) is 4.04. The summed E-state index contributed by atoms with van der Waals surface area (Å²) in [6.45, 7) is 3.89. The Balaban J connectivity index is 1.80. The first-order valence-electron chi connectivity index (χ1n) is 8.70. The molecule has 1 saturated heterocycles. The smallest absolute Gasteiger partial charge is 0.314 e. The number of hydrogen-bond donors (Lipinski definition) is 0. The highest BCUT2D eigenvalue weighted by Crippen LogP contribution is 2.47. The van der Waals surface area contributed by atoms with Crippen molar-refractivity contribution in [2.75, 3.05) is 18.1 Å². The molecule has 1 fully saturated rings. The number of hydrogen-bond acceptors (Lipinski definition) is 5. The molecule has 134 valence electrons. The van der Waals surface area contributed by atoms with Gasteiger partial charge in [0.15, 0.2) is 5.76 Å². The first-order chi connectivity index (χ1) is 12.5. The van der Waals surface area contributed by atoms with Crippen LogP contribution in [-0.4, -0.2) is 30.8 Å². The van der Waals surface area contributed by atoms with Crippen LogP contribution >= 0.6 is 0 Å². The Morgan fingerprint density at radius 2 is 2.00 bits per heavy atom. The SMILES string of the molecule is CCOC(=O)[C@@H]1c2cc(C)oc2C(=O)[C@H]2CN(c3ccccc3)C(=O)[C@H]21. The second kappa shape index (κ2) is 6.12. The van der Waals surface area contributed by atoms with E-state index in [4.69, 9.17) is 9.15 Å². The van der Waals surface area contributed by atoms with Crippen LogP contribution in [0, 0.1) is 18.8 Å². The van der Waals surface area contributed by atoms with Crippen molar-refractivity contribution in [1.29, 1.82) is 0 Å². The van der Waals surface area contributed by atoms with Crippen molar-refractivity contribution in [3.8, 4) is 0 Å². The number of carbonyl (C=O) groups is 3. The van der Waals surface area contributed by atoms with Gasteiger partial charge in [-0.1, -0.05) is 18.2 Å². The number of amides is 1. The van der Waals surface area contributed by atoms with Crippen LogP contribution in [0.2, 0.25) is 0 Å². The lowest BCUT2D eigenvalue weighted by Crippen LogP contribution is -2.39. The van der Waals surface area contributed by atoms with Crippen LogP contribution in [0.25, 0.3) is 0 Å². The number of fused-ring (bicyclic) bond motifs is 2. The average Bonchev–Trinajstić information content (AvgIpc) is 3.18. The van der Waals surface area contributed by atoms with Crippen molar-refractivity contribution in [2.45, 2.75) is 19.8 Å². The van der Waals surface area contributed by atoms with Gasteiger partial charge in [0.2, 0.25) is 11.7 Å². The molecule has 0 radical (unpaired) electrons. The fourth-order valence-corrected chi connectivity index (χ4v) is 4.04.